The molecule has 0 aliphatic carbocycles. The number of hydrogen-bond donors (Lipinski definition) is 0. The van der Waals surface area contributed by atoms with Gasteiger partial charge in [0.2, 0.25) is 0 Å². The molecule has 0 radical (unpaired) electrons. The SMILES string of the molecule is CCCCCCOc1ccc(CC(C)CC(C)=O)cc1. The third-order valence-corrected chi connectivity index (χ3v) is 3.41. The number of carbonyl (C=O) groups excluding carboxylic acids is 1. The summed E-state index contributed by atoms with van der Waals surface area (Å²) >= 11 is 0. The highest BCUT2D eigenvalue weighted by Crippen LogP contribution is 2.17. The van der Waals surface area contributed by atoms with Crippen LogP contribution in [0.25, 0.3) is 0 Å². The average Bonchev–Trinajstić information content (AvgIpc) is 2.39. The molecule has 0 saturated heterocycles. The molecule has 0 N–H and O–H groups in total. The molecule has 0 bridgehead atoms. The van der Waals surface area contributed by atoms with Crippen molar-refractivity contribution >= 4 is 5.78 Å². The van der Waals surface area contributed by atoms with E-state index in [2.05, 4.69) is 26.0 Å². The molecule has 0 amide bonds. The maximum absolute atomic E-state index is 11.1. The highest BCUT2D eigenvalue weighted by atomic mass is 16.5. The topological polar surface area (TPSA) is 26.3 Å². The predicted octanol–water partition coefficient (Wildman–Crippen LogP) is 4.80. The quantitative estimate of drug-likeness (QED) is 0.574. The van der Waals surface area contributed by atoms with E-state index >= 15 is 0 Å². The molecule has 112 valence electrons. The fraction of sp³-hybridized carbons (Fsp3) is 0.611. The van der Waals surface area contributed by atoms with Crippen molar-refractivity contribution < 1.29 is 9.53 Å². The fourth-order valence-electron chi connectivity index (χ4n) is 2.41. The largest absolute Gasteiger partial charge is 0.494 e. The maximum atomic E-state index is 11.1. The van der Waals surface area contributed by atoms with Gasteiger partial charge in [0.15, 0.2) is 0 Å². The molecule has 0 heterocycles. The van der Waals surface area contributed by atoms with Gasteiger partial charge in [-0.3, -0.25) is 0 Å². The Kier molecular flexibility index (Phi) is 8.01. The summed E-state index contributed by atoms with van der Waals surface area (Å²) in [6.45, 7) is 6.80. The Morgan fingerprint density at radius 3 is 2.45 bits per heavy atom. The first-order chi connectivity index (χ1) is 9.61. The van der Waals surface area contributed by atoms with E-state index in [1.165, 1.54) is 24.8 Å². The molecule has 1 atom stereocenters. The monoisotopic (exact) mass is 276 g/mol. The molecule has 0 spiro atoms. The molecule has 20 heavy (non-hydrogen) atoms. The second kappa shape index (κ2) is 9.57. The van der Waals surface area contributed by atoms with Crippen LogP contribution in [0.2, 0.25) is 0 Å². The summed E-state index contributed by atoms with van der Waals surface area (Å²) in [5, 5.41) is 0. The Hall–Kier alpha value is -1.31. The van der Waals surface area contributed by atoms with E-state index in [4.69, 9.17) is 4.74 Å². The van der Waals surface area contributed by atoms with Crippen LogP contribution in [0.1, 0.15) is 58.4 Å². The van der Waals surface area contributed by atoms with Gasteiger partial charge in [0.25, 0.3) is 0 Å². The van der Waals surface area contributed by atoms with Crippen LogP contribution in [0.15, 0.2) is 24.3 Å². The van der Waals surface area contributed by atoms with Crippen LogP contribution in [0.3, 0.4) is 0 Å². The average molecular weight is 276 g/mol. The van der Waals surface area contributed by atoms with Gasteiger partial charge in [-0.05, 0) is 43.4 Å². The molecule has 2 heteroatoms. The number of unbranched alkanes of at least 4 members (excludes halogenated alkanes) is 3. The second-order valence-corrected chi connectivity index (χ2v) is 5.77. The van der Waals surface area contributed by atoms with E-state index in [0.717, 1.165) is 25.2 Å². The van der Waals surface area contributed by atoms with Crippen LogP contribution in [0, 0.1) is 5.92 Å². The minimum Gasteiger partial charge on any atom is -0.494 e. The second-order valence-electron chi connectivity index (χ2n) is 5.77. The lowest BCUT2D eigenvalue weighted by Gasteiger charge is -2.10. The number of ketones is 1. The van der Waals surface area contributed by atoms with E-state index in [1.54, 1.807) is 6.92 Å². The lowest BCUT2D eigenvalue weighted by molar-refractivity contribution is -0.117. The molecule has 1 aromatic carbocycles. The summed E-state index contributed by atoms with van der Waals surface area (Å²) < 4.78 is 5.72. The van der Waals surface area contributed by atoms with Crippen molar-refractivity contribution in [3.8, 4) is 5.75 Å². The van der Waals surface area contributed by atoms with Gasteiger partial charge < -0.3 is 9.53 Å². The van der Waals surface area contributed by atoms with Gasteiger partial charge in [0, 0.05) is 6.42 Å². The van der Waals surface area contributed by atoms with Gasteiger partial charge in [-0.2, -0.15) is 0 Å². The van der Waals surface area contributed by atoms with E-state index in [0.29, 0.717) is 12.3 Å². The third-order valence-electron chi connectivity index (χ3n) is 3.41. The molecule has 0 aliphatic heterocycles. The molecule has 0 saturated carbocycles. The van der Waals surface area contributed by atoms with Crippen LogP contribution >= 0.6 is 0 Å². The van der Waals surface area contributed by atoms with Crippen molar-refractivity contribution in [1.29, 1.82) is 0 Å². The number of benzene rings is 1. The summed E-state index contributed by atoms with van der Waals surface area (Å²) in [7, 11) is 0. The molecular formula is C18H28O2. The van der Waals surface area contributed by atoms with Gasteiger partial charge in [-0.25, -0.2) is 0 Å². The summed E-state index contributed by atoms with van der Waals surface area (Å²) in [6, 6.07) is 8.29. The van der Waals surface area contributed by atoms with E-state index in [-0.39, 0.29) is 5.78 Å². The first kappa shape index (κ1) is 16.7. The first-order valence-electron chi connectivity index (χ1n) is 7.83. The zero-order valence-corrected chi connectivity index (χ0v) is 13.2. The Balaban J connectivity index is 2.30. The third kappa shape index (κ3) is 7.32. The Bertz CT molecular complexity index is 381. The maximum Gasteiger partial charge on any atom is 0.130 e. The fourth-order valence-corrected chi connectivity index (χ4v) is 2.41. The molecule has 1 unspecified atom stereocenters. The van der Waals surface area contributed by atoms with Crippen LogP contribution in [0.4, 0.5) is 0 Å². The smallest absolute Gasteiger partial charge is 0.130 e. The van der Waals surface area contributed by atoms with Gasteiger partial charge in [0.1, 0.15) is 11.5 Å². The molecule has 0 aromatic heterocycles. The molecule has 0 aliphatic rings. The summed E-state index contributed by atoms with van der Waals surface area (Å²) in [6.07, 6.45) is 6.54. The highest BCUT2D eigenvalue weighted by Gasteiger charge is 2.06. The highest BCUT2D eigenvalue weighted by molar-refractivity contribution is 5.75. The van der Waals surface area contributed by atoms with Gasteiger partial charge in [-0.1, -0.05) is 45.2 Å². The van der Waals surface area contributed by atoms with Crippen LogP contribution < -0.4 is 4.74 Å². The first-order valence-corrected chi connectivity index (χ1v) is 7.83. The summed E-state index contributed by atoms with van der Waals surface area (Å²) in [5.74, 6) is 1.63. The number of carbonyl (C=O) groups is 1. The van der Waals surface area contributed by atoms with Crippen molar-refractivity contribution in [3.05, 3.63) is 29.8 Å². The Labute approximate surface area is 123 Å². The van der Waals surface area contributed by atoms with Crippen molar-refractivity contribution in [2.45, 2.75) is 59.3 Å². The Morgan fingerprint density at radius 2 is 1.85 bits per heavy atom. The Morgan fingerprint density at radius 1 is 1.15 bits per heavy atom. The number of hydrogen-bond acceptors (Lipinski definition) is 2. The van der Waals surface area contributed by atoms with Crippen molar-refractivity contribution in [2.24, 2.45) is 5.92 Å². The predicted molar refractivity (Wildman–Crippen MR) is 84.2 cm³/mol. The zero-order chi connectivity index (χ0) is 14.8. The van der Waals surface area contributed by atoms with Crippen LogP contribution in [-0.2, 0) is 11.2 Å². The lowest BCUT2D eigenvalue weighted by Crippen LogP contribution is -2.05. The molecule has 2 nitrogen and oxygen atoms in total. The lowest BCUT2D eigenvalue weighted by atomic mass is 9.96. The summed E-state index contributed by atoms with van der Waals surface area (Å²) in [4.78, 5) is 11.1. The summed E-state index contributed by atoms with van der Waals surface area (Å²) in [5.41, 5.74) is 1.28. The van der Waals surface area contributed by atoms with Crippen molar-refractivity contribution in [1.82, 2.24) is 0 Å². The van der Waals surface area contributed by atoms with Crippen LogP contribution in [0.5, 0.6) is 5.75 Å². The van der Waals surface area contributed by atoms with Gasteiger partial charge >= 0.3 is 0 Å². The van der Waals surface area contributed by atoms with Gasteiger partial charge in [-0.15, -0.1) is 0 Å². The van der Waals surface area contributed by atoms with E-state index < -0.39 is 0 Å². The van der Waals surface area contributed by atoms with E-state index in [9.17, 15) is 4.79 Å². The normalized spacial score (nSPS) is 12.2. The number of ether oxygens (including phenoxy) is 1. The standard InChI is InChI=1S/C18H28O2/c1-4-5-6-7-12-20-18-10-8-17(9-11-18)14-15(2)13-16(3)19/h8-11,15H,4-7,12-14H2,1-3H3. The number of Topliss-reactive ketones (excluding diaryl/α,β-unsaturated/α-hetero) is 1. The van der Waals surface area contributed by atoms with Crippen molar-refractivity contribution in [3.63, 3.8) is 0 Å². The van der Waals surface area contributed by atoms with Crippen LogP contribution in [-0.4, -0.2) is 12.4 Å². The molecule has 1 rings (SSSR count). The van der Waals surface area contributed by atoms with Gasteiger partial charge in [0.05, 0.1) is 6.61 Å². The van der Waals surface area contributed by atoms with E-state index in [1.807, 2.05) is 12.1 Å². The molecule has 1 aromatic rings. The number of rotatable bonds is 10. The zero-order valence-electron chi connectivity index (χ0n) is 13.2. The minimum atomic E-state index is 0.268. The van der Waals surface area contributed by atoms with Crippen molar-refractivity contribution in [2.75, 3.05) is 6.61 Å². The minimum absolute atomic E-state index is 0.268. The molecule has 0 fully saturated rings. The molecular weight excluding hydrogens is 248 g/mol.